The maximum atomic E-state index is 11.3. The van der Waals surface area contributed by atoms with Crippen LogP contribution in [0.15, 0.2) is 48.5 Å². The van der Waals surface area contributed by atoms with E-state index in [1.54, 1.807) is 6.92 Å². The molecule has 1 unspecified atom stereocenters. The molecule has 1 aliphatic heterocycles. The van der Waals surface area contributed by atoms with E-state index in [1.807, 2.05) is 24.3 Å². The highest BCUT2D eigenvalue weighted by Gasteiger charge is 2.38. The lowest BCUT2D eigenvalue weighted by Gasteiger charge is -2.30. The molecule has 0 bridgehead atoms. The van der Waals surface area contributed by atoms with Crippen LogP contribution < -0.4 is 4.74 Å². The van der Waals surface area contributed by atoms with Crippen LogP contribution >= 0.6 is 0 Å². The summed E-state index contributed by atoms with van der Waals surface area (Å²) in [6, 6.07) is 17.1. The zero-order chi connectivity index (χ0) is 17.2. The first-order valence-electron chi connectivity index (χ1n) is 9.27. The average molecular weight is 335 g/mol. The van der Waals surface area contributed by atoms with Crippen LogP contribution in [-0.2, 0) is 17.6 Å². The lowest BCUT2D eigenvalue weighted by Crippen LogP contribution is -2.38. The summed E-state index contributed by atoms with van der Waals surface area (Å²) in [5, 5.41) is 0. The minimum atomic E-state index is 0.0907. The molecule has 25 heavy (non-hydrogen) atoms. The summed E-state index contributed by atoms with van der Waals surface area (Å²) < 4.78 is 6.46. The van der Waals surface area contributed by atoms with Gasteiger partial charge in [0.1, 0.15) is 17.6 Å². The lowest BCUT2D eigenvalue weighted by atomic mass is 10.1. The molecule has 1 aliphatic carbocycles. The van der Waals surface area contributed by atoms with E-state index in [0.29, 0.717) is 12.5 Å². The normalized spacial score (nSPS) is 22.8. The molecule has 2 atom stereocenters. The quantitative estimate of drug-likeness (QED) is 0.828. The molecule has 0 N–H and O–H groups in total. The smallest absolute Gasteiger partial charge is 0.140 e. The fraction of sp³-hybridized carbons (Fsp3) is 0.409. The van der Waals surface area contributed by atoms with Crippen molar-refractivity contribution < 1.29 is 9.53 Å². The largest absolute Gasteiger partial charge is 0.484 e. The number of fused-ring (bicyclic) bond motifs is 1. The summed E-state index contributed by atoms with van der Waals surface area (Å²) in [7, 11) is 0. The van der Waals surface area contributed by atoms with E-state index in [1.165, 1.54) is 37.1 Å². The highest BCUT2D eigenvalue weighted by atomic mass is 16.5. The first kappa shape index (κ1) is 16.3. The number of likely N-dealkylation sites (tertiary alicyclic amines) is 1. The third-order valence-electron chi connectivity index (χ3n) is 5.39. The second kappa shape index (κ2) is 7.01. The van der Waals surface area contributed by atoms with Crippen molar-refractivity contribution in [1.82, 2.24) is 4.90 Å². The van der Waals surface area contributed by atoms with Crippen molar-refractivity contribution in [2.75, 3.05) is 13.1 Å². The molecule has 3 heteroatoms. The van der Waals surface area contributed by atoms with Gasteiger partial charge in [-0.25, -0.2) is 0 Å². The Morgan fingerprint density at radius 2 is 1.80 bits per heavy atom. The summed E-state index contributed by atoms with van der Waals surface area (Å²) in [5.74, 6) is 1.07. The minimum Gasteiger partial charge on any atom is -0.484 e. The number of carbonyl (C=O) groups excluding carboxylic acids is 1. The van der Waals surface area contributed by atoms with Gasteiger partial charge in [0.15, 0.2) is 0 Å². The zero-order valence-corrected chi connectivity index (χ0v) is 14.8. The fourth-order valence-electron chi connectivity index (χ4n) is 4.19. The second-order valence-corrected chi connectivity index (χ2v) is 7.27. The van der Waals surface area contributed by atoms with Crippen molar-refractivity contribution in [2.45, 2.75) is 44.8 Å². The number of ether oxygens (including phenoxy) is 1. The van der Waals surface area contributed by atoms with E-state index in [0.717, 1.165) is 17.7 Å². The van der Waals surface area contributed by atoms with Crippen LogP contribution in [0.2, 0.25) is 0 Å². The monoisotopic (exact) mass is 335 g/mol. The Hall–Kier alpha value is -2.13. The van der Waals surface area contributed by atoms with Gasteiger partial charge < -0.3 is 4.74 Å². The van der Waals surface area contributed by atoms with Gasteiger partial charge in [-0.1, -0.05) is 36.4 Å². The Bertz CT molecular complexity index is 747. The molecule has 0 amide bonds. The third kappa shape index (κ3) is 3.47. The van der Waals surface area contributed by atoms with Gasteiger partial charge in [0.2, 0.25) is 0 Å². The van der Waals surface area contributed by atoms with Crippen molar-refractivity contribution in [3.8, 4) is 5.75 Å². The Balaban J connectivity index is 1.56. The van der Waals surface area contributed by atoms with Gasteiger partial charge in [-0.2, -0.15) is 0 Å². The van der Waals surface area contributed by atoms with Crippen molar-refractivity contribution in [3.63, 3.8) is 0 Å². The van der Waals surface area contributed by atoms with Gasteiger partial charge in [-0.3, -0.25) is 9.69 Å². The molecule has 0 saturated carbocycles. The van der Waals surface area contributed by atoms with Crippen LogP contribution in [0.3, 0.4) is 0 Å². The Labute approximate surface area is 149 Å². The molecule has 4 rings (SSSR count). The fourth-order valence-corrected chi connectivity index (χ4v) is 4.19. The van der Waals surface area contributed by atoms with Gasteiger partial charge in [0.25, 0.3) is 0 Å². The van der Waals surface area contributed by atoms with Crippen LogP contribution in [0.5, 0.6) is 5.75 Å². The molecule has 2 aromatic carbocycles. The molecular formula is C22H25NO2. The van der Waals surface area contributed by atoms with Crippen LogP contribution in [0.1, 0.15) is 42.6 Å². The molecule has 1 fully saturated rings. The van der Waals surface area contributed by atoms with E-state index < -0.39 is 0 Å². The maximum Gasteiger partial charge on any atom is 0.140 e. The first-order chi connectivity index (χ1) is 12.2. The number of Topliss-reactive ketones (excluding diaryl/α,β-unsaturated/α-hetero) is 1. The summed E-state index contributed by atoms with van der Waals surface area (Å²) >= 11 is 0. The maximum absolute atomic E-state index is 11.3. The minimum absolute atomic E-state index is 0.0907. The van der Waals surface area contributed by atoms with Gasteiger partial charge in [-0.15, -0.1) is 0 Å². The van der Waals surface area contributed by atoms with Crippen molar-refractivity contribution in [1.29, 1.82) is 0 Å². The van der Waals surface area contributed by atoms with Crippen LogP contribution in [0.4, 0.5) is 0 Å². The van der Waals surface area contributed by atoms with Crippen LogP contribution in [0, 0.1) is 0 Å². The van der Waals surface area contributed by atoms with Crippen LogP contribution in [0.25, 0.3) is 0 Å². The van der Waals surface area contributed by atoms with E-state index in [9.17, 15) is 4.79 Å². The summed E-state index contributed by atoms with van der Waals surface area (Å²) in [6.45, 7) is 3.98. The molecule has 3 nitrogen and oxygen atoms in total. The standard InChI is InChI=1S/C22H25NO2/c1-16(24)14-17-8-10-19(11-9-17)25-22-20-7-3-2-6-18(20)15-21(22)23-12-4-5-13-23/h2-3,6-11,21-22H,4-5,12-15H2,1H3/t21?,22-/m0/s1. The van der Waals surface area contributed by atoms with Gasteiger partial charge in [0.05, 0.1) is 6.04 Å². The summed E-state index contributed by atoms with van der Waals surface area (Å²) in [4.78, 5) is 13.9. The number of nitrogens with zero attached hydrogens (tertiary/aromatic N) is 1. The van der Waals surface area contributed by atoms with Gasteiger partial charge in [0, 0.05) is 6.42 Å². The summed E-state index contributed by atoms with van der Waals surface area (Å²) in [5.41, 5.74) is 3.78. The van der Waals surface area contributed by atoms with Gasteiger partial charge >= 0.3 is 0 Å². The molecule has 2 aliphatic rings. The number of ketones is 1. The molecule has 0 radical (unpaired) electrons. The highest BCUT2D eigenvalue weighted by molar-refractivity contribution is 5.78. The number of hydrogen-bond acceptors (Lipinski definition) is 3. The van der Waals surface area contributed by atoms with E-state index >= 15 is 0 Å². The molecule has 2 aromatic rings. The van der Waals surface area contributed by atoms with E-state index in [2.05, 4.69) is 29.2 Å². The molecule has 0 aromatic heterocycles. The van der Waals surface area contributed by atoms with E-state index in [-0.39, 0.29) is 11.9 Å². The molecule has 0 spiro atoms. The third-order valence-corrected chi connectivity index (χ3v) is 5.39. The Morgan fingerprint density at radius 1 is 1.08 bits per heavy atom. The molecular weight excluding hydrogens is 310 g/mol. The lowest BCUT2D eigenvalue weighted by molar-refractivity contribution is -0.116. The van der Waals surface area contributed by atoms with Crippen molar-refractivity contribution in [3.05, 3.63) is 65.2 Å². The number of carbonyl (C=O) groups is 1. The number of benzene rings is 2. The predicted octanol–water partition coefficient (Wildman–Crippen LogP) is 3.96. The summed E-state index contributed by atoms with van der Waals surface area (Å²) in [6.07, 6.45) is 4.23. The van der Waals surface area contributed by atoms with Crippen molar-refractivity contribution >= 4 is 5.78 Å². The van der Waals surface area contributed by atoms with Crippen LogP contribution in [-0.4, -0.2) is 29.8 Å². The molecule has 1 heterocycles. The Kier molecular flexibility index (Phi) is 4.58. The number of hydrogen-bond donors (Lipinski definition) is 0. The predicted molar refractivity (Wildman–Crippen MR) is 98.9 cm³/mol. The van der Waals surface area contributed by atoms with Crippen molar-refractivity contribution in [2.24, 2.45) is 0 Å². The highest BCUT2D eigenvalue weighted by Crippen LogP contribution is 2.39. The first-order valence-corrected chi connectivity index (χ1v) is 9.27. The molecule has 1 saturated heterocycles. The van der Waals surface area contributed by atoms with E-state index in [4.69, 9.17) is 4.74 Å². The zero-order valence-electron chi connectivity index (χ0n) is 14.8. The average Bonchev–Trinajstić information content (AvgIpc) is 3.24. The SMILES string of the molecule is CC(=O)Cc1ccc(O[C@H]2c3ccccc3CC2N2CCCC2)cc1. The second-order valence-electron chi connectivity index (χ2n) is 7.27. The Morgan fingerprint density at radius 3 is 2.52 bits per heavy atom. The topological polar surface area (TPSA) is 29.5 Å². The molecule has 130 valence electrons. The number of rotatable bonds is 5. The van der Waals surface area contributed by atoms with Gasteiger partial charge in [-0.05, 0) is 68.1 Å².